The Kier molecular flexibility index (Phi) is 4.58. The van der Waals surface area contributed by atoms with E-state index in [1.54, 1.807) is 43.4 Å². The molecule has 0 radical (unpaired) electrons. The number of amides is 2. The Hall–Kier alpha value is -2.07. The molecule has 0 aliphatic rings. The number of nitrogens with zero attached hydrogens (tertiary/aromatic N) is 1. The Morgan fingerprint density at radius 1 is 1.25 bits per heavy atom. The van der Waals surface area contributed by atoms with Crippen LogP contribution < -0.4 is 5.32 Å². The third kappa shape index (κ3) is 3.96. The summed E-state index contributed by atoms with van der Waals surface area (Å²) in [7, 11) is 1.67. The molecule has 0 spiro atoms. The van der Waals surface area contributed by atoms with Gasteiger partial charge in [0.1, 0.15) is 5.82 Å². The van der Waals surface area contributed by atoms with Gasteiger partial charge in [-0.3, -0.25) is 0 Å². The van der Waals surface area contributed by atoms with E-state index >= 15 is 0 Å². The molecule has 0 unspecified atom stereocenters. The lowest BCUT2D eigenvalue weighted by Crippen LogP contribution is -2.30. The Balaban J connectivity index is 1.96. The van der Waals surface area contributed by atoms with Crippen molar-refractivity contribution in [1.29, 1.82) is 0 Å². The van der Waals surface area contributed by atoms with Crippen molar-refractivity contribution < 1.29 is 9.18 Å². The molecular weight excluding hydrogens is 279 g/mol. The average Bonchev–Trinajstić information content (AvgIpc) is 2.41. The van der Waals surface area contributed by atoms with Crippen LogP contribution in [0.5, 0.6) is 0 Å². The molecule has 0 bridgehead atoms. The molecule has 0 saturated heterocycles. The number of halogens is 2. The lowest BCUT2D eigenvalue weighted by Gasteiger charge is -2.18. The van der Waals surface area contributed by atoms with E-state index in [2.05, 4.69) is 5.32 Å². The highest BCUT2D eigenvalue weighted by atomic mass is 35.5. The summed E-state index contributed by atoms with van der Waals surface area (Å²) in [6.45, 7) is 0.396. The largest absolute Gasteiger partial charge is 0.323 e. The number of urea groups is 1. The summed E-state index contributed by atoms with van der Waals surface area (Å²) in [5.41, 5.74) is 1.49. The van der Waals surface area contributed by atoms with Gasteiger partial charge in [0.25, 0.3) is 0 Å². The van der Waals surface area contributed by atoms with Crippen molar-refractivity contribution in [3.8, 4) is 0 Å². The molecule has 0 atom stereocenters. The first-order valence-electron chi connectivity index (χ1n) is 6.07. The highest BCUT2D eigenvalue weighted by Gasteiger charge is 2.09. The molecule has 2 aromatic rings. The van der Waals surface area contributed by atoms with E-state index in [1.807, 2.05) is 0 Å². The Morgan fingerprint density at radius 3 is 2.60 bits per heavy atom. The summed E-state index contributed by atoms with van der Waals surface area (Å²) in [5, 5.41) is 3.30. The van der Waals surface area contributed by atoms with Gasteiger partial charge >= 0.3 is 6.03 Å². The zero-order chi connectivity index (χ0) is 14.5. The van der Waals surface area contributed by atoms with Crippen LogP contribution in [0.4, 0.5) is 14.9 Å². The van der Waals surface area contributed by atoms with Crippen LogP contribution in [-0.4, -0.2) is 18.0 Å². The van der Waals surface area contributed by atoms with Crippen molar-refractivity contribution in [3.63, 3.8) is 0 Å². The molecule has 5 heteroatoms. The van der Waals surface area contributed by atoms with Crippen molar-refractivity contribution in [2.24, 2.45) is 0 Å². The first kappa shape index (κ1) is 14.3. The summed E-state index contributed by atoms with van der Waals surface area (Å²) in [6.07, 6.45) is 0. The van der Waals surface area contributed by atoms with E-state index in [4.69, 9.17) is 11.6 Å². The number of rotatable bonds is 3. The maximum absolute atomic E-state index is 12.8. The number of carbonyl (C=O) groups is 1. The van der Waals surface area contributed by atoms with Gasteiger partial charge in [-0.1, -0.05) is 29.8 Å². The predicted molar refractivity (Wildman–Crippen MR) is 78.3 cm³/mol. The molecule has 1 N–H and O–H groups in total. The monoisotopic (exact) mass is 292 g/mol. The van der Waals surface area contributed by atoms with Crippen molar-refractivity contribution in [2.75, 3.05) is 12.4 Å². The van der Waals surface area contributed by atoms with Crippen LogP contribution in [0.15, 0.2) is 48.5 Å². The number of nitrogens with one attached hydrogen (secondary N) is 1. The predicted octanol–water partition coefficient (Wildman–Crippen LogP) is 4.14. The Labute approximate surface area is 122 Å². The molecule has 2 amide bonds. The summed E-state index contributed by atoms with van der Waals surface area (Å²) in [6, 6.07) is 12.7. The van der Waals surface area contributed by atoms with Gasteiger partial charge in [-0.25, -0.2) is 9.18 Å². The molecule has 3 nitrogen and oxygen atoms in total. The van der Waals surface area contributed by atoms with Crippen LogP contribution in [0, 0.1) is 5.82 Å². The second-order valence-electron chi connectivity index (χ2n) is 4.42. The molecule has 0 saturated carbocycles. The van der Waals surface area contributed by atoms with E-state index in [0.29, 0.717) is 17.3 Å². The van der Waals surface area contributed by atoms with Crippen molar-refractivity contribution >= 4 is 23.3 Å². The molecule has 2 aromatic carbocycles. The topological polar surface area (TPSA) is 32.3 Å². The number of hydrogen-bond acceptors (Lipinski definition) is 1. The molecule has 2 rings (SSSR count). The van der Waals surface area contributed by atoms with Gasteiger partial charge in [0, 0.05) is 24.3 Å². The molecular formula is C15H14ClFN2O. The molecule has 104 valence electrons. The summed E-state index contributed by atoms with van der Waals surface area (Å²) < 4.78 is 12.8. The van der Waals surface area contributed by atoms with E-state index < -0.39 is 0 Å². The Bertz CT molecular complexity index is 601. The number of benzene rings is 2. The van der Waals surface area contributed by atoms with Gasteiger partial charge < -0.3 is 10.2 Å². The zero-order valence-corrected chi connectivity index (χ0v) is 11.7. The normalized spacial score (nSPS) is 10.2. The van der Waals surface area contributed by atoms with Crippen LogP contribution in [0.1, 0.15) is 5.56 Å². The average molecular weight is 293 g/mol. The SMILES string of the molecule is CN(Cc1ccc(F)cc1)C(=O)Nc1cccc(Cl)c1. The standard InChI is InChI=1S/C15H14ClFN2O/c1-19(10-11-5-7-13(17)8-6-11)15(20)18-14-4-2-3-12(16)9-14/h2-9H,10H2,1H3,(H,18,20). The summed E-state index contributed by atoms with van der Waals surface area (Å²) in [5.74, 6) is -0.292. The van der Waals surface area contributed by atoms with E-state index in [0.717, 1.165) is 5.56 Å². The zero-order valence-electron chi connectivity index (χ0n) is 10.9. The second-order valence-corrected chi connectivity index (χ2v) is 4.86. The van der Waals surface area contributed by atoms with Gasteiger partial charge in [-0.15, -0.1) is 0 Å². The minimum atomic E-state index is -0.292. The molecule has 0 aliphatic heterocycles. The van der Waals surface area contributed by atoms with Gasteiger partial charge in [0.2, 0.25) is 0 Å². The van der Waals surface area contributed by atoms with Crippen LogP contribution in [0.3, 0.4) is 0 Å². The van der Waals surface area contributed by atoms with E-state index in [-0.39, 0.29) is 11.8 Å². The molecule has 0 fully saturated rings. The number of carbonyl (C=O) groups excluding carboxylic acids is 1. The van der Waals surface area contributed by atoms with Gasteiger partial charge in [-0.2, -0.15) is 0 Å². The third-order valence-electron chi connectivity index (χ3n) is 2.76. The van der Waals surface area contributed by atoms with Crippen LogP contribution >= 0.6 is 11.6 Å². The Morgan fingerprint density at radius 2 is 1.95 bits per heavy atom. The summed E-state index contributed by atoms with van der Waals surface area (Å²) >= 11 is 5.85. The maximum Gasteiger partial charge on any atom is 0.321 e. The van der Waals surface area contributed by atoms with Crippen molar-refractivity contribution in [1.82, 2.24) is 4.90 Å². The molecule has 0 heterocycles. The lowest BCUT2D eigenvalue weighted by molar-refractivity contribution is 0.220. The highest BCUT2D eigenvalue weighted by molar-refractivity contribution is 6.30. The minimum absolute atomic E-state index is 0.253. The van der Waals surface area contributed by atoms with Crippen LogP contribution in [0.2, 0.25) is 5.02 Å². The number of anilines is 1. The fraction of sp³-hybridized carbons (Fsp3) is 0.133. The van der Waals surface area contributed by atoms with Crippen molar-refractivity contribution in [2.45, 2.75) is 6.54 Å². The summed E-state index contributed by atoms with van der Waals surface area (Å²) in [4.78, 5) is 13.5. The van der Waals surface area contributed by atoms with E-state index in [1.165, 1.54) is 17.0 Å². The molecule has 0 aromatic heterocycles. The second kappa shape index (κ2) is 6.39. The minimum Gasteiger partial charge on any atom is -0.323 e. The fourth-order valence-corrected chi connectivity index (χ4v) is 1.91. The van der Waals surface area contributed by atoms with Crippen LogP contribution in [-0.2, 0) is 6.54 Å². The van der Waals surface area contributed by atoms with Gasteiger partial charge in [-0.05, 0) is 35.9 Å². The fourth-order valence-electron chi connectivity index (χ4n) is 1.72. The van der Waals surface area contributed by atoms with Crippen LogP contribution in [0.25, 0.3) is 0 Å². The lowest BCUT2D eigenvalue weighted by atomic mass is 10.2. The first-order valence-corrected chi connectivity index (χ1v) is 6.44. The molecule has 20 heavy (non-hydrogen) atoms. The maximum atomic E-state index is 12.8. The van der Waals surface area contributed by atoms with Gasteiger partial charge in [0.15, 0.2) is 0 Å². The first-order chi connectivity index (χ1) is 9.54. The molecule has 0 aliphatic carbocycles. The smallest absolute Gasteiger partial charge is 0.321 e. The van der Waals surface area contributed by atoms with Crippen molar-refractivity contribution in [3.05, 3.63) is 64.9 Å². The number of hydrogen-bond donors (Lipinski definition) is 1. The highest BCUT2D eigenvalue weighted by Crippen LogP contribution is 2.15. The van der Waals surface area contributed by atoms with E-state index in [9.17, 15) is 9.18 Å². The third-order valence-corrected chi connectivity index (χ3v) is 2.99. The quantitative estimate of drug-likeness (QED) is 0.906. The van der Waals surface area contributed by atoms with Gasteiger partial charge in [0.05, 0.1) is 0 Å².